The van der Waals surface area contributed by atoms with Gasteiger partial charge in [-0.3, -0.25) is 0 Å². The Balaban J connectivity index is 2.19. The topological polar surface area (TPSA) is 111 Å². The first kappa shape index (κ1) is 20.3. The number of sulfonamides is 1. The van der Waals surface area contributed by atoms with Gasteiger partial charge in [-0.1, -0.05) is 6.92 Å². The number of benzene rings is 1. The van der Waals surface area contributed by atoms with E-state index in [1.807, 2.05) is 13.8 Å². The lowest BCUT2D eigenvalue weighted by Gasteiger charge is -2.11. The molecule has 0 unspecified atom stereocenters. The van der Waals surface area contributed by atoms with Crippen molar-refractivity contribution < 1.29 is 17.9 Å². The van der Waals surface area contributed by atoms with E-state index in [0.29, 0.717) is 22.7 Å². The summed E-state index contributed by atoms with van der Waals surface area (Å²) in [6, 6.07) is 5.85. The molecule has 2 aromatic rings. The molecule has 10 heteroatoms. The van der Waals surface area contributed by atoms with E-state index in [9.17, 15) is 13.2 Å². The number of rotatable bonds is 5. The highest BCUT2D eigenvalue weighted by molar-refractivity contribution is 7.89. The Hall–Kier alpha value is -2.01. The van der Waals surface area contributed by atoms with E-state index in [4.69, 9.17) is 22.1 Å². The highest BCUT2D eigenvalue weighted by Crippen LogP contribution is 2.34. The molecule has 0 spiro atoms. The number of methoxy groups -OCH3 is 1. The van der Waals surface area contributed by atoms with Crippen LogP contribution < -0.4 is 15.8 Å². The van der Waals surface area contributed by atoms with Crippen LogP contribution in [-0.4, -0.2) is 26.6 Å². The first-order chi connectivity index (χ1) is 12.2. The summed E-state index contributed by atoms with van der Waals surface area (Å²) in [6.45, 7) is 3.90. The normalized spacial score (nSPS) is 11.1. The predicted octanol–water partition coefficient (Wildman–Crippen LogP) is 2.86. The summed E-state index contributed by atoms with van der Waals surface area (Å²) in [5.74, 6) is -0.422. The number of nitrogens with two attached hydrogens (primary N) is 1. The number of aryl methyl sites for hydroxylation is 1. The molecular formula is C16H19N3O4S3. The van der Waals surface area contributed by atoms with Gasteiger partial charge in [0.05, 0.1) is 17.6 Å². The molecule has 0 saturated carbocycles. The molecule has 0 amide bonds. The third-order valence-electron chi connectivity index (χ3n) is 3.62. The van der Waals surface area contributed by atoms with E-state index in [0.717, 1.165) is 10.4 Å². The smallest absolute Gasteiger partial charge is 0.341 e. The molecule has 1 heterocycles. The summed E-state index contributed by atoms with van der Waals surface area (Å²) in [7, 11) is -2.41. The average Bonchev–Trinajstić information content (AvgIpc) is 2.88. The van der Waals surface area contributed by atoms with Gasteiger partial charge in [-0.25, -0.2) is 18.4 Å². The van der Waals surface area contributed by atoms with Crippen LogP contribution in [0.5, 0.6) is 0 Å². The lowest BCUT2D eigenvalue weighted by Crippen LogP contribution is -2.20. The number of hydrogen-bond donors (Lipinski definition) is 3. The standard InChI is InChI=1S/C16H19N3O4S3/c1-4-12-9(2)25-14(13(12)15(20)23-3)19-16(24)18-10-5-7-11(8-6-10)26(17,21)22/h5-8H,4H2,1-3H3,(H2,17,21,22)(H2,18,19,24). The SMILES string of the molecule is CCc1c(C)sc(NC(=S)Nc2ccc(S(N)(=O)=O)cc2)c1C(=O)OC. The van der Waals surface area contributed by atoms with Crippen LogP contribution in [0.15, 0.2) is 29.2 Å². The van der Waals surface area contributed by atoms with Crippen molar-refractivity contribution >= 4 is 55.3 Å². The fourth-order valence-electron chi connectivity index (χ4n) is 2.40. The molecule has 1 aromatic carbocycles. The second-order valence-corrected chi connectivity index (χ2v) is 8.53. The Morgan fingerprint density at radius 1 is 1.27 bits per heavy atom. The van der Waals surface area contributed by atoms with Crippen molar-refractivity contribution in [1.29, 1.82) is 0 Å². The lowest BCUT2D eigenvalue weighted by atomic mass is 10.1. The highest BCUT2D eigenvalue weighted by Gasteiger charge is 2.22. The minimum atomic E-state index is -3.75. The van der Waals surface area contributed by atoms with Crippen LogP contribution in [0, 0.1) is 6.92 Å². The Labute approximate surface area is 161 Å². The molecule has 2 rings (SSSR count). The Bertz CT molecular complexity index is 934. The minimum absolute atomic E-state index is 0.0105. The number of anilines is 2. The third-order valence-corrected chi connectivity index (χ3v) is 5.82. The fraction of sp³-hybridized carbons (Fsp3) is 0.250. The zero-order valence-corrected chi connectivity index (χ0v) is 16.9. The van der Waals surface area contributed by atoms with Gasteiger partial charge in [0, 0.05) is 10.6 Å². The molecule has 26 heavy (non-hydrogen) atoms. The van der Waals surface area contributed by atoms with Crippen LogP contribution in [0.1, 0.15) is 27.7 Å². The summed E-state index contributed by atoms with van der Waals surface area (Å²) in [5, 5.41) is 11.9. The van der Waals surface area contributed by atoms with Crippen molar-refractivity contribution in [3.8, 4) is 0 Å². The predicted molar refractivity (Wildman–Crippen MR) is 107 cm³/mol. The molecule has 1 aromatic heterocycles. The zero-order valence-electron chi connectivity index (χ0n) is 14.5. The minimum Gasteiger partial charge on any atom is -0.465 e. The average molecular weight is 414 g/mol. The molecule has 0 fully saturated rings. The maximum atomic E-state index is 12.1. The first-order valence-electron chi connectivity index (χ1n) is 7.58. The number of primary sulfonamides is 1. The van der Waals surface area contributed by atoms with Crippen LogP contribution in [0.2, 0.25) is 0 Å². The lowest BCUT2D eigenvalue weighted by molar-refractivity contribution is 0.0601. The molecule has 0 radical (unpaired) electrons. The van der Waals surface area contributed by atoms with Crippen LogP contribution >= 0.6 is 23.6 Å². The zero-order chi connectivity index (χ0) is 19.5. The van der Waals surface area contributed by atoms with Crippen molar-refractivity contribution in [2.45, 2.75) is 25.2 Å². The Morgan fingerprint density at radius 2 is 1.88 bits per heavy atom. The van der Waals surface area contributed by atoms with E-state index >= 15 is 0 Å². The van der Waals surface area contributed by atoms with Crippen LogP contribution in [0.3, 0.4) is 0 Å². The van der Waals surface area contributed by atoms with Crippen molar-refractivity contribution in [3.63, 3.8) is 0 Å². The fourth-order valence-corrected chi connectivity index (χ4v) is 4.34. The number of ether oxygens (including phenoxy) is 1. The van der Waals surface area contributed by atoms with Gasteiger partial charge in [0.1, 0.15) is 5.00 Å². The number of nitrogens with one attached hydrogen (secondary N) is 2. The van der Waals surface area contributed by atoms with E-state index in [-0.39, 0.29) is 10.0 Å². The summed E-state index contributed by atoms with van der Waals surface area (Å²) in [5.41, 5.74) is 1.98. The monoisotopic (exact) mass is 413 g/mol. The van der Waals surface area contributed by atoms with Gasteiger partial charge in [0.25, 0.3) is 0 Å². The van der Waals surface area contributed by atoms with Gasteiger partial charge in [-0.2, -0.15) is 0 Å². The molecule has 0 aliphatic carbocycles. The van der Waals surface area contributed by atoms with Crippen LogP contribution in [0.25, 0.3) is 0 Å². The number of carbonyl (C=O) groups excluding carboxylic acids is 1. The molecule has 7 nitrogen and oxygen atoms in total. The Kier molecular flexibility index (Phi) is 6.34. The molecular weight excluding hydrogens is 394 g/mol. The van der Waals surface area contributed by atoms with Crippen molar-refractivity contribution in [2.75, 3.05) is 17.7 Å². The van der Waals surface area contributed by atoms with Crippen molar-refractivity contribution in [1.82, 2.24) is 0 Å². The van der Waals surface area contributed by atoms with Crippen LogP contribution in [0.4, 0.5) is 10.7 Å². The molecule has 4 N–H and O–H groups in total. The quantitative estimate of drug-likeness (QED) is 0.510. The second kappa shape index (κ2) is 8.12. The first-order valence-corrected chi connectivity index (χ1v) is 10.4. The van der Waals surface area contributed by atoms with Crippen LogP contribution in [-0.2, 0) is 21.2 Å². The molecule has 0 aliphatic rings. The molecule has 140 valence electrons. The van der Waals surface area contributed by atoms with Gasteiger partial charge in [0.15, 0.2) is 5.11 Å². The van der Waals surface area contributed by atoms with Gasteiger partial charge in [-0.05, 0) is 55.4 Å². The number of carbonyl (C=O) groups is 1. The highest BCUT2D eigenvalue weighted by atomic mass is 32.2. The van der Waals surface area contributed by atoms with Gasteiger partial charge in [0.2, 0.25) is 10.0 Å². The van der Waals surface area contributed by atoms with E-state index in [1.165, 1.54) is 30.6 Å². The summed E-state index contributed by atoms with van der Waals surface area (Å²) >= 11 is 6.70. The molecule has 0 atom stereocenters. The maximum Gasteiger partial charge on any atom is 0.341 e. The summed E-state index contributed by atoms with van der Waals surface area (Å²) in [4.78, 5) is 13.1. The van der Waals surface area contributed by atoms with Crippen molar-refractivity contribution in [3.05, 3.63) is 40.3 Å². The van der Waals surface area contributed by atoms with E-state index in [1.54, 1.807) is 12.1 Å². The second-order valence-electron chi connectivity index (χ2n) is 5.33. The van der Waals surface area contributed by atoms with E-state index < -0.39 is 16.0 Å². The largest absolute Gasteiger partial charge is 0.465 e. The van der Waals surface area contributed by atoms with Gasteiger partial charge in [-0.15, -0.1) is 11.3 Å². The summed E-state index contributed by atoms with van der Waals surface area (Å²) < 4.78 is 27.4. The number of esters is 1. The van der Waals surface area contributed by atoms with Crippen molar-refractivity contribution in [2.24, 2.45) is 5.14 Å². The summed E-state index contributed by atoms with van der Waals surface area (Å²) in [6.07, 6.45) is 0.698. The van der Waals surface area contributed by atoms with Gasteiger partial charge < -0.3 is 15.4 Å². The Morgan fingerprint density at radius 3 is 2.38 bits per heavy atom. The molecule has 0 saturated heterocycles. The third kappa shape index (κ3) is 4.58. The molecule has 0 aliphatic heterocycles. The van der Waals surface area contributed by atoms with Gasteiger partial charge >= 0.3 is 5.97 Å². The number of thiophene rings is 1. The number of thiocarbonyl (C=S) groups is 1. The van der Waals surface area contributed by atoms with E-state index in [2.05, 4.69) is 10.6 Å². The molecule has 0 bridgehead atoms. The number of hydrogen-bond acceptors (Lipinski definition) is 6. The maximum absolute atomic E-state index is 12.1.